The molecular formula is C25H18Cl4F4N2O2S. The largest absolute Gasteiger partial charge is 0.435 e. The lowest BCUT2D eigenvalue weighted by Crippen LogP contribution is -2.42. The molecule has 0 spiro atoms. The van der Waals surface area contributed by atoms with Crippen LogP contribution >= 0.6 is 46.4 Å². The van der Waals surface area contributed by atoms with Crippen molar-refractivity contribution in [3.05, 3.63) is 97.2 Å². The van der Waals surface area contributed by atoms with Gasteiger partial charge in [0.05, 0.1) is 47.0 Å². The van der Waals surface area contributed by atoms with Gasteiger partial charge in [0.1, 0.15) is 0 Å². The Morgan fingerprint density at radius 1 is 1.00 bits per heavy atom. The van der Waals surface area contributed by atoms with Crippen molar-refractivity contribution in [2.75, 3.05) is 5.75 Å². The van der Waals surface area contributed by atoms with E-state index >= 15 is 0 Å². The van der Waals surface area contributed by atoms with E-state index in [-0.39, 0.29) is 33.0 Å². The summed E-state index contributed by atoms with van der Waals surface area (Å²) in [6, 6.07) is 12.8. The monoisotopic (exact) mass is 626 g/mol. The zero-order valence-corrected chi connectivity index (χ0v) is 23.3. The van der Waals surface area contributed by atoms with Crippen LogP contribution in [0.15, 0.2) is 69.0 Å². The van der Waals surface area contributed by atoms with E-state index in [0.717, 1.165) is 12.1 Å². The molecule has 0 radical (unpaired) electrons. The average Bonchev–Trinajstić information content (AvgIpc) is 3.33. The van der Waals surface area contributed by atoms with Crippen LogP contribution in [0.4, 0.5) is 17.6 Å². The fourth-order valence-electron chi connectivity index (χ4n) is 3.92. The number of nitrogens with zero attached hydrogens (tertiary/aromatic N) is 2. The molecule has 202 valence electrons. The third kappa shape index (κ3) is 5.36. The maximum Gasteiger partial charge on any atom is 0.435 e. The summed E-state index contributed by atoms with van der Waals surface area (Å²) in [6.45, 7) is 1.76. The van der Waals surface area contributed by atoms with Gasteiger partial charge in [-0.3, -0.25) is 0 Å². The fourth-order valence-corrected chi connectivity index (χ4v) is 7.23. The smallest absolute Gasteiger partial charge is 0.374 e. The molecule has 1 heterocycles. The van der Waals surface area contributed by atoms with Gasteiger partial charge in [-0.2, -0.15) is 13.2 Å². The van der Waals surface area contributed by atoms with Gasteiger partial charge in [0, 0.05) is 17.7 Å². The van der Waals surface area contributed by atoms with Crippen molar-refractivity contribution in [2.24, 2.45) is 9.52 Å². The molecule has 0 bridgehead atoms. The number of hydrogen-bond acceptors (Lipinski definition) is 4. The number of alkyl halides is 3. The molecule has 0 saturated heterocycles. The number of hydrogen-bond donors (Lipinski definition) is 0. The molecule has 4 rings (SSSR count). The third-order valence-corrected chi connectivity index (χ3v) is 9.82. The van der Waals surface area contributed by atoms with Crippen molar-refractivity contribution < 1.29 is 26.6 Å². The zero-order valence-electron chi connectivity index (χ0n) is 19.5. The van der Waals surface area contributed by atoms with Crippen LogP contribution in [0.1, 0.15) is 30.0 Å². The first-order valence-electron chi connectivity index (χ1n) is 11.0. The topological polar surface area (TPSA) is 51.0 Å². The lowest BCUT2D eigenvalue weighted by atomic mass is 9.86. The fraction of sp³-hybridized carbons (Fsp3) is 0.240. The van der Waals surface area contributed by atoms with Crippen LogP contribution in [0.2, 0.25) is 20.1 Å². The molecule has 0 aromatic heterocycles. The van der Waals surface area contributed by atoms with Crippen LogP contribution in [-0.4, -0.2) is 21.8 Å². The highest BCUT2D eigenvalue weighted by molar-refractivity contribution is 7.93. The summed E-state index contributed by atoms with van der Waals surface area (Å²) in [4.78, 5) is 5.23. The average molecular weight is 628 g/mol. The van der Waals surface area contributed by atoms with E-state index in [1.165, 1.54) is 0 Å². The second-order valence-electron chi connectivity index (χ2n) is 8.35. The highest BCUT2D eigenvalue weighted by Crippen LogP contribution is 2.50. The molecule has 0 fully saturated rings. The second-order valence-corrected chi connectivity index (χ2v) is 12.5. The Morgan fingerprint density at radius 2 is 1.58 bits per heavy atom. The predicted molar refractivity (Wildman–Crippen MR) is 142 cm³/mol. The summed E-state index contributed by atoms with van der Waals surface area (Å²) in [6.07, 6.45) is -5.60. The van der Waals surface area contributed by atoms with Gasteiger partial charge in [0.15, 0.2) is 5.82 Å². The van der Waals surface area contributed by atoms with Crippen LogP contribution in [-0.2, 0) is 26.7 Å². The third-order valence-electron chi connectivity index (χ3n) is 6.01. The molecule has 0 saturated carbocycles. The normalized spacial score (nSPS) is 19.0. The van der Waals surface area contributed by atoms with E-state index in [1.807, 2.05) is 0 Å². The SMILES string of the molecule is CCS(=O)(=NCc1ccc(C2=NOC(c3cc(Cl)c(F)c(Cl)c3)(C(F)(F)F)C2)cc1)c1c(Cl)cccc1Cl. The van der Waals surface area contributed by atoms with Crippen molar-refractivity contribution in [3.63, 3.8) is 0 Å². The Kier molecular flexibility index (Phi) is 8.27. The Bertz CT molecular complexity index is 1490. The Balaban J connectivity index is 1.60. The van der Waals surface area contributed by atoms with E-state index < -0.39 is 49.4 Å². The van der Waals surface area contributed by atoms with Crippen LogP contribution in [0.5, 0.6) is 0 Å². The summed E-state index contributed by atoms with van der Waals surface area (Å²) < 4.78 is 74.4. The van der Waals surface area contributed by atoms with Gasteiger partial charge in [-0.05, 0) is 35.4 Å². The molecule has 2 unspecified atom stereocenters. The van der Waals surface area contributed by atoms with Gasteiger partial charge in [-0.15, -0.1) is 0 Å². The van der Waals surface area contributed by atoms with Gasteiger partial charge in [-0.25, -0.2) is 13.0 Å². The molecule has 4 nitrogen and oxygen atoms in total. The lowest BCUT2D eigenvalue weighted by Gasteiger charge is -2.29. The second kappa shape index (κ2) is 10.8. The highest BCUT2D eigenvalue weighted by atomic mass is 35.5. The van der Waals surface area contributed by atoms with Gasteiger partial charge in [-0.1, -0.05) is 88.8 Å². The molecular weight excluding hydrogens is 610 g/mol. The van der Waals surface area contributed by atoms with Crippen LogP contribution in [0.3, 0.4) is 0 Å². The van der Waals surface area contributed by atoms with E-state index in [0.29, 0.717) is 11.1 Å². The minimum absolute atomic E-state index is 0.0163. The van der Waals surface area contributed by atoms with Crippen molar-refractivity contribution in [1.82, 2.24) is 0 Å². The van der Waals surface area contributed by atoms with Crippen molar-refractivity contribution in [1.29, 1.82) is 0 Å². The van der Waals surface area contributed by atoms with Crippen LogP contribution in [0.25, 0.3) is 0 Å². The predicted octanol–water partition coefficient (Wildman–Crippen LogP) is 9.07. The Labute approximate surface area is 236 Å². The van der Waals surface area contributed by atoms with Crippen molar-refractivity contribution in [3.8, 4) is 0 Å². The molecule has 3 aromatic carbocycles. The van der Waals surface area contributed by atoms with Gasteiger partial charge < -0.3 is 4.84 Å². The maximum atomic E-state index is 14.2. The Morgan fingerprint density at radius 3 is 2.11 bits per heavy atom. The summed E-state index contributed by atoms with van der Waals surface area (Å²) in [5.74, 6) is -0.849. The number of halogens is 8. The maximum absolute atomic E-state index is 14.2. The number of benzene rings is 3. The zero-order chi connectivity index (χ0) is 27.9. The molecule has 0 aliphatic carbocycles. The van der Waals surface area contributed by atoms with Gasteiger partial charge >= 0.3 is 6.18 Å². The van der Waals surface area contributed by atoms with Crippen LogP contribution in [0, 0.1) is 5.82 Å². The summed E-state index contributed by atoms with van der Waals surface area (Å²) in [7, 11) is -2.92. The van der Waals surface area contributed by atoms with E-state index in [2.05, 4.69) is 9.52 Å². The standard InChI is InChI=1S/C25H18Cl4F4N2O2S/c1-2-38(36,23-17(26)4-3-5-18(23)27)34-13-14-6-8-15(9-7-14)21-12-24(37-35-21,25(31,32)33)16-10-19(28)22(30)20(29)11-16/h3-11H,2,12-13H2,1H3. The number of oxime groups is 1. The highest BCUT2D eigenvalue weighted by Gasteiger charge is 2.62. The Hall–Kier alpha value is -2.04. The van der Waals surface area contributed by atoms with Gasteiger partial charge in [0.25, 0.3) is 5.60 Å². The van der Waals surface area contributed by atoms with E-state index in [9.17, 15) is 21.8 Å². The molecule has 1 aliphatic heterocycles. The van der Waals surface area contributed by atoms with Gasteiger partial charge in [0.2, 0.25) is 0 Å². The van der Waals surface area contributed by atoms with Crippen molar-refractivity contribution >= 4 is 61.8 Å². The first-order valence-corrected chi connectivity index (χ1v) is 14.2. The number of rotatable bonds is 6. The quantitative estimate of drug-likeness (QED) is 0.202. The molecule has 38 heavy (non-hydrogen) atoms. The van der Waals surface area contributed by atoms with Crippen LogP contribution < -0.4 is 0 Å². The molecule has 0 amide bonds. The molecule has 3 aromatic rings. The first-order chi connectivity index (χ1) is 17.8. The van der Waals surface area contributed by atoms with E-state index in [1.54, 1.807) is 49.4 Å². The molecule has 0 N–H and O–H groups in total. The molecule has 1 aliphatic rings. The van der Waals surface area contributed by atoms with E-state index in [4.69, 9.17) is 51.2 Å². The summed E-state index contributed by atoms with van der Waals surface area (Å²) in [5.41, 5.74) is -2.33. The summed E-state index contributed by atoms with van der Waals surface area (Å²) in [5, 5.41) is 3.06. The lowest BCUT2D eigenvalue weighted by molar-refractivity contribution is -0.275. The molecule has 2 atom stereocenters. The minimum Gasteiger partial charge on any atom is -0.374 e. The first kappa shape index (κ1) is 29.0. The molecule has 13 heteroatoms. The minimum atomic E-state index is -4.91. The van der Waals surface area contributed by atoms with Crippen molar-refractivity contribution in [2.45, 2.75) is 36.6 Å². The summed E-state index contributed by atoms with van der Waals surface area (Å²) >= 11 is 24.0.